The van der Waals surface area contributed by atoms with Gasteiger partial charge in [-0.1, -0.05) is 23.8 Å². The van der Waals surface area contributed by atoms with Gasteiger partial charge in [0, 0.05) is 45.9 Å². The van der Waals surface area contributed by atoms with E-state index in [4.69, 9.17) is 26.1 Å². The summed E-state index contributed by atoms with van der Waals surface area (Å²) in [6.45, 7) is 12.2. The van der Waals surface area contributed by atoms with Gasteiger partial charge in [-0.25, -0.2) is 9.78 Å². The van der Waals surface area contributed by atoms with Crippen LogP contribution in [0, 0.1) is 20.8 Å². The Balaban J connectivity index is 2.09. The van der Waals surface area contributed by atoms with Crippen LogP contribution in [0.1, 0.15) is 73.7 Å². The number of hydrogen-bond donors (Lipinski definition) is 1. The maximum atomic E-state index is 12.6. The Morgan fingerprint density at radius 3 is 2.68 bits per heavy atom. The summed E-state index contributed by atoms with van der Waals surface area (Å²) in [5.41, 5.74) is 5.28. The zero-order valence-corrected chi connectivity index (χ0v) is 21.7. The van der Waals surface area contributed by atoms with Crippen molar-refractivity contribution in [2.24, 2.45) is 7.05 Å². The van der Waals surface area contributed by atoms with Crippen LogP contribution in [0.25, 0.3) is 11.0 Å². The number of ether oxygens (including phenoxy) is 2. The molecule has 7 heteroatoms. The molecule has 0 radical (unpaired) electrons. The average Bonchev–Trinajstić information content (AvgIpc) is 2.89. The molecule has 1 saturated heterocycles. The topological polar surface area (TPSA) is 73.6 Å². The van der Waals surface area contributed by atoms with Crippen molar-refractivity contribution in [2.45, 2.75) is 72.0 Å². The number of aromatic nitrogens is 2. The first-order valence-electron chi connectivity index (χ1n) is 11.7. The third-order valence-corrected chi connectivity index (χ3v) is 7.16. The van der Waals surface area contributed by atoms with Gasteiger partial charge in [0.15, 0.2) is 6.10 Å². The number of aryl methyl sites for hydroxylation is 3. The van der Waals surface area contributed by atoms with Gasteiger partial charge in [-0.15, -0.1) is 0 Å². The molecule has 34 heavy (non-hydrogen) atoms. The van der Waals surface area contributed by atoms with Crippen LogP contribution >= 0.6 is 11.6 Å². The molecular formula is C27H33ClN2O4. The second-order valence-electron chi connectivity index (χ2n) is 10.1. The molecule has 1 fully saturated rings. The molecule has 1 aliphatic carbocycles. The van der Waals surface area contributed by atoms with Crippen molar-refractivity contribution < 1.29 is 19.4 Å². The number of carboxylic acid groups (broad SMARTS) is 1. The van der Waals surface area contributed by atoms with Crippen LogP contribution in [0.2, 0.25) is 0 Å². The van der Waals surface area contributed by atoms with E-state index in [1.54, 1.807) is 0 Å². The lowest BCUT2D eigenvalue weighted by Crippen LogP contribution is -2.29. The number of rotatable bonds is 4. The molecular weight excluding hydrogens is 452 g/mol. The van der Waals surface area contributed by atoms with Crippen LogP contribution in [0.15, 0.2) is 34.6 Å². The van der Waals surface area contributed by atoms with Crippen LogP contribution in [0.3, 0.4) is 0 Å². The lowest BCUT2D eigenvalue weighted by Gasteiger charge is -2.30. The highest BCUT2D eigenvalue weighted by atomic mass is 35.5. The van der Waals surface area contributed by atoms with Crippen molar-refractivity contribution in [1.82, 2.24) is 9.55 Å². The Labute approximate surface area is 205 Å². The molecule has 0 saturated carbocycles. The summed E-state index contributed by atoms with van der Waals surface area (Å²) in [5, 5.41) is 11.9. The molecule has 2 aliphatic rings. The normalized spacial score (nSPS) is 19.5. The summed E-state index contributed by atoms with van der Waals surface area (Å²) in [4.78, 5) is 17.5. The van der Waals surface area contributed by atoms with E-state index in [2.05, 4.69) is 11.5 Å². The maximum absolute atomic E-state index is 12.6. The van der Waals surface area contributed by atoms with Crippen LogP contribution in [-0.2, 0) is 21.3 Å². The summed E-state index contributed by atoms with van der Waals surface area (Å²) in [6, 6.07) is 0. The van der Waals surface area contributed by atoms with E-state index < -0.39 is 17.7 Å². The number of carbonyl (C=O) groups is 1. The van der Waals surface area contributed by atoms with Gasteiger partial charge in [0.05, 0.1) is 12.2 Å². The first kappa shape index (κ1) is 24.6. The summed E-state index contributed by atoms with van der Waals surface area (Å²) in [6.07, 6.45) is 6.45. The first-order chi connectivity index (χ1) is 15.9. The van der Waals surface area contributed by atoms with E-state index in [1.165, 1.54) is 0 Å². The number of nitrogens with zero attached hydrogens (tertiary/aromatic N) is 2. The number of fused-ring (bicyclic) bond motifs is 2. The monoisotopic (exact) mass is 484 g/mol. The van der Waals surface area contributed by atoms with Crippen LogP contribution < -0.4 is 0 Å². The van der Waals surface area contributed by atoms with Gasteiger partial charge in [0.2, 0.25) is 0 Å². The standard InChI is InChI=1S/C27H33ClN2O4/c1-14-16(3)30(7)25-20(14)22(18-10-8-12-19-17(23(18)28)11-9-13-33-19)21(15(2)29-25)24(26(31)32)34-27(4,5)6/h8,10,12,18,24H,9,11,13H2,1-7H3,(H,31,32)/t18-,24+/m1/s1. The molecule has 0 spiro atoms. The van der Waals surface area contributed by atoms with Crippen molar-refractivity contribution >= 4 is 28.6 Å². The minimum Gasteiger partial charge on any atom is -0.493 e. The molecule has 6 nitrogen and oxygen atoms in total. The quantitative estimate of drug-likeness (QED) is 0.552. The van der Waals surface area contributed by atoms with Gasteiger partial charge >= 0.3 is 5.97 Å². The summed E-state index contributed by atoms with van der Waals surface area (Å²) >= 11 is 7.13. The Morgan fingerprint density at radius 1 is 1.32 bits per heavy atom. The number of aliphatic carboxylic acids is 1. The van der Waals surface area contributed by atoms with Gasteiger partial charge in [-0.3, -0.25) is 0 Å². The van der Waals surface area contributed by atoms with Crippen molar-refractivity contribution in [3.8, 4) is 0 Å². The predicted molar refractivity (Wildman–Crippen MR) is 134 cm³/mol. The molecule has 0 aromatic carbocycles. The van der Waals surface area contributed by atoms with E-state index in [1.807, 2.05) is 59.9 Å². The molecule has 1 aliphatic heterocycles. The molecule has 0 amide bonds. The second-order valence-corrected chi connectivity index (χ2v) is 10.5. The lowest BCUT2D eigenvalue weighted by atomic mass is 9.85. The largest absolute Gasteiger partial charge is 0.493 e. The fourth-order valence-corrected chi connectivity index (χ4v) is 5.31. The third-order valence-electron chi connectivity index (χ3n) is 6.69. The van der Waals surface area contributed by atoms with Crippen molar-refractivity contribution in [3.05, 3.63) is 62.7 Å². The molecule has 4 rings (SSSR count). The number of hydrogen-bond acceptors (Lipinski definition) is 4. The molecule has 0 unspecified atom stereocenters. The Kier molecular flexibility index (Phi) is 6.42. The maximum Gasteiger partial charge on any atom is 0.337 e. The molecule has 182 valence electrons. The number of carboxylic acids is 1. The molecule has 1 N–H and O–H groups in total. The van der Waals surface area contributed by atoms with Crippen LogP contribution in [0.5, 0.6) is 0 Å². The zero-order chi connectivity index (χ0) is 24.9. The van der Waals surface area contributed by atoms with Crippen LogP contribution in [0.4, 0.5) is 0 Å². The minimum atomic E-state index is -1.19. The summed E-state index contributed by atoms with van der Waals surface area (Å²) in [7, 11) is 1.98. The summed E-state index contributed by atoms with van der Waals surface area (Å²) in [5.74, 6) is -0.607. The van der Waals surface area contributed by atoms with E-state index in [9.17, 15) is 9.90 Å². The van der Waals surface area contributed by atoms with E-state index in [0.717, 1.165) is 52.0 Å². The Bertz CT molecular complexity index is 1260. The fourth-order valence-electron chi connectivity index (χ4n) is 4.95. The zero-order valence-electron chi connectivity index (χ0n) is 21.0. The number of pyridine rings is 1. The second kappa shape index (κ2) is 8.90. The SMILES string of the molecule is Cc1nc2c(c(C)c(C)n2C)c([C@H]2C=CC=C3OCCCC3=C2Cl)c1[C@H](OC(C)(C)C)C(=O)O. The first-order valence-corrected chi connectivity index (χ1v) is 12.1. The lowest BCUT2D eigenvalue weighted by molar-refractivity contribution is -0.160. The third kappa shape index (κ3) is 4.18. The molecule has 2 aromatic heterocycles. The van der Waals surface area contributed by atoms with Crippen molar-refractivity contribution in [2.75, 3.05) is 6.61 Å². The van der Waals surface area contributed by atoms with Crippen molar-refractivity contribution in [1.29, 1.82) is 0 Å². The number of halogens is 1. The molecule has 3 heterocycles. The van der Waals surface area contributed by atoms with E-state index >= 15 is 0 Å². The summed E-state index contributed by atoms with van der Waals surface area (Å²) < 4.78 is 14.1. The van der Waals surface area contributed by atoms with E-state index in [0.29, 0.717) is 22.9 Å². The van der Waals surface area contributed by atoms with Gasteiger partial charge < -0.3 is 19.1 Å². The Morgan fingerprint density at radius 2 is 2.03 bits per heavy atom. The highest BCUT2D eigenvalue weighted by Gasteiger charge is 2.36. The highest BCUT2D eigenvalue weighted by Crippen LogP contribution is 2.46. The van der Waals surface area contributed by atoms with Gasteiger partial charge in [0.1, 0.15) is 11.4 Å². The van der Waals surface area contributed by atoms with Crippen molar-refractivity contribution in [3.63, 3.8) is 0 Å². The van der Waals surface area contributed by atoms with Crippen LogP contribution in [-0.4, -0.2) is 32.8 Å². The smallest absolute Gasteiger partial charge is 0.337 e. The fraction of sp³-hybridized carbons (Fsp3) is 0.481. The average molecular weight is 485 g/mol. The van der Waals surface area contributed by atoms with Gasteiger partial charge in [-0.05, 0) is 71.6 Å². The molecule has 2 aromatic rings. The van der Waals surface area contributed by atoms with Gasteiger partial charge in [-0.2, -0.15) is 0 Å². The van der Waals surface area contributed by atoms with E-state index in [-0.39, 0.29) is 5.92 Å². The van der Waals surface area contributed by atoms with Gasteiger partial charge in [0.25, 0.3) is 0 Å². The number of allylic oxidation sites excluding steroid dienone is 5. The molecule has 0 bridgehead atoms. The highest BCUT2D eigenvalue weighted by molar-refractivity contribution is 6.31. The predicted octanol–water partition coefficient (Wildman–Crippen LogP) is 6.28. The minimum absolute atomic E-state index is 0.350. The molecule has 2 atom stereocenters. The Hall–Kier alpha value is -2.57.